The second-order valence-electron chi connectivity index (χ2n) is 6.33. The molecule has 21 heavy (non-hydrogen) atoms. The summed E-state index contributed by atoms with van der Waals surface area (Å²) < 4.78 is 5.17. The summed E-state index contributed by atoms with van der Waals surface area (Å²) >= 11 is 12.1. The predicted octanol–water partition coefficient (Wildman–Crippen LogP) is 4.03. The molecule has 1 aliphatic carbocycles. The maximum absolute atomic E-state index is 12.1. The van der Waals surface area contributed by atoms with Crippen LogP contribution in [0.4, 0.5) is 0 Å². The van der Waals surface area contributed by atoms with Gasteiger partial charge in [-0.05, 0) is 51.8 Å². The van der Waals surface area contributed by atoms with Gasteiger partial charge >= 0.3 is 0 Å². The van der Waals surface area contributed by atoms with E-state index in [4.69, 9.17) is 27.9 Å². The van der Waals surface area contributed by atoms with Crippen LogP contribution in [-0.2, 0) is 4.79 Å². The smallest absolute Gasteiger partial charge is 0.263 e. The molecule has 0 spiro atoms. The van der Waals surface area contributed by atoms with E-state index in [1.807, 2.05) is 38.1 Å². The first-order valence-corrected chi connectivity index (χ1v) is 7.85. The SMILES string of the molecule is CC(C)NC(=O)C(C)(C)Oc1ccc([C@H]2CC2(Cl)Cl)cc1. The molecule has 0 saturated heterocycles. The van der Waals surface area contributed by atoms with Crippen molar-refractivity contribution >= 4 is 29.1 Å². The van der Waals surface area contributed by atoms with E-state index in [1.165, 1.54) is 0 Å². The lowest BCUT2D eigenvalue weighted by atomic mass is 10.1. The second kappa shape index (κ2) is 5.69. The molecule has 1 saturated carbocycles. The predicted molar refractivity (Wildman–Crippen MR) is 86.2 cm³/mol. The molecule has 1 amide bonds. The lowest BCUT2D eigenvalue weighted by Gasteiger charge is -2.26. The molecule has 1 atom stereocenters. The number of hydrogen-bond acceptors (Lipinski definition) is 2. The topological polar surface area (TPSA) is 38.3 Å². The Morgan fingerprint density at radius 2 is 1.86 bits per heavy atom. The lowest BCUT2D eigenvalue weighted by molar-refractivity contribution is -0.134. The summed E-state index contributed by atoms with van der Waals surface area (Å²) in [5, 5.41) is 2.85. The van der Waals surface area contributed by atoms with Crippen molar-refractivity contribution in [1.29, 1.82) is 0 Å². The van der Waals surface area contributed by atoms with Gasteiger partial charge in [-0.1, -0.05) is 12.1 Å². The van der Waals surface area contributed by atoms with E-state index >= 15 is 0 Å². The van der Waals surface area contributed by atoms with E-state index in [1.54, 1.807) is 13.8 Å². The summed E-state index contributed by atoms with van der Waals surface area (Å²) in [5.74, 6) is 0.703. The molecule has 0 radical (unpaired) electrons. The van der Waals surface area contributed by atoms with Crippen LogP contribution in [0.2, 0.25) is 0 Å². The highest BCUT2D eigenvalue weighted by molar-refractivity contribution is 6.51. The molecule has 1 fully saturated rings. The van der Waals surface area contributed by atoms with E-state index in [-0.39, 0.29) is 17.9 Å². The molecule has 1 aromatic carbocycles. The van der Waals surface area contributed by atoms with Crippen LogP contribution in [0.25, 0.3) is 0 Å². The number of rotatable bonds is 5. The minimum absolute atomic E-state index is 0.0817. The molecule has 3 nitrogen and oxygen atoms in total. The van der Waals surface area contributed by atoms with Crippen molar-refractivity contribution in [3.05, 3.63) is 29.8 Å². The number of benzene rings is 1. The van der Waals surface area contributed by atoms with Crippen molar-refractivity contribution in [3.63, 3.8) is 0 Å². The largest absolute Gasteiger partial charge is 0.478 e. The average Bonchev–Trinajstić information content (AvgIpc) is 2.98. The third kappa shape index (κ3) is 4.04. The van der Waals surface area contributed by atoms with Gasteiger partial charge in [-0.25, -0.2) is 0 Å². The number of hydrogen-bond donors (Lipinski definition) is 1. The zero-order valence-corrected chi connectivity index (χ0v) is 14.3. The lowest BCUT2D eigenvalue weighted by Crippen LogP contribution is -2.48. The number of ether oxygens (including phenoxy) is 1. The summed E-state index contributed by atoms with van der Waals surface area (Å²) in [6.07, 6.45) is 0.776. The Balaban J connectivity index is 2.01. The third-order valence-corrected chi connectivity index (χ3v) is 4.28. The van der Waals surface area contributed by atoms with E-state index in [9.17, 15) is 4.79 Å². The number of amides is 1. The van der Waals surface area contributed by atoms with Gasteiger partial charge in [-0.15, -0.1) is 23.2 Å². The van der Waals surface area contributed by atoms with E-state index in [2.05, 4.69) is 5.32 Å². The number of halogens is 2. The Kier molecular flexibility index (Phi) is 4.46. The molecular weight excluding hydrogens is 309 g/mol. The van der Waals surface area contributed by atoms with Crippen molar-refractivity contribution < 1.29 is 9.53 Å². The zero-order valence-electron chi connectivity index (χ0n) is 12.7. The molecule has 2 rings (SSSR count). The van der Waals surface area contributed by atoms with Crippen LogP contribution >= 0.6 is 23.2 Å². The maximum Gasteiger partial charge on any atom is 0.263 e. The monoisotopic (exact) mass is 329 g/mol. The molecule has 1 aliphatic rings. The maximum atomic E-state index is 12.1. The Morgan fingerprint density at radius 1 is 1.33 bits per heavy atom. The van der Waals surface area contributed by atoms with Crippen molar-refractivity contribution in [2.24, 2.45) is 0 Å². The molecule has 0 bridgehead atoms. The van der Waals surface area contributed by atoms with Gasteiger partial charge in [-0.3, -0.25) is 4.79 Å². The van der Waals surface area contributed by atoms with Crippen molar-refractivity contribution in [1.82, 2.24) is 5.32 Å². The van der Waals surface area contributed by atoms with Gasteiger partial charge in [-0.2, -0.15) is 0 Å². The van der Waals surface area contributed by atoms with Crippen LogP contribution < -0.4 is 10.1 Å². The third-order valence-electron chi connectivity index (χ3n) is 3.45. The normalized spacial score (nSPS) is 20.2. The highest BCUT2D eigenvalue weighted by Gasteiger charge is 2.52. The highest BCUT2D eigenvalue weighted by atomic mass is 35.5. The summed E-state index contributed by atoms with van der Waals surface area (Å²) in [4.78, 5) is 12.1. The number of carbonyl (C=O) groups excluding carboxylic acids is 1. The van der Waals surface area contributed by atoms with Gasteiger partial charge < -0.3 is 10.1 Å². The Hall–Kier alpha value is -0.930. The number of alkyl halides is 2. The van der Waals surface area contributed by atoms with E-state index < -0.39 is 9.93 Å². The van der Waals surface area contributed by atoms with Crippen LogP contribution in [0.5, 0.6) is 5.75 Å². The second-order valence-corrected chi connectivity index (χ2v) is 7.87. The zero-order chi connectivity index (χ0) is 15.8. The molecule has 1 aromatic rings. The first-order chi connectivity index (χ1) is 9.62. The van der Waals surface area contributed by atoms with E-state index in [0.717, 1.165) is 12.0 Å². The van der Waals surface area contributed by atoms with E-state index in [0.29, 0.717) is 5.75 Å². The van der Waals surface area contributed by atoms with Gasteiger partial charge in [0, 0.05) is 12.0 Å². The first kappa shape index (κ1) is 16.4. The standard InChI is InChI=1S/C16H21Cl2NO2/c1-10(2)19-14(20)15(3,4)21-12-7-5-11(6-8-12)13-9-16(13,17)18/h5-8,10,13H,9H2,1-4H3,(H,19,20)/t13-/m1/s1. The van der Waals surface area contributed by atoms with Crippen molar-refractivity contribution in [2.75, 3.05) is 0 Å². The van der Waals surface area contributed by atoms with Crippen LogP contribution in [0.15, 0.2) is 24.3 Å². The molecule has 0 aliphatic heterocycles. The average molecular weight is 330 g/mol. The minimum atomic E-state index is -0.923. The number of nitrogens with one attached hydrogen (secondary N) is 1. The first-order valence-electron chi connectivity index (χ1n) is 7.09. The summed E-state index contributed by atoms with van der Waals surface area (Å²) in [6, 6.07) is 7.67. The van der Waals surface area contributed by atoms with Gasteiger partial charge in [0.05, 0.1) is 0 Å². The summed E-state index contributed by atoms with van der Waals surface area (Å²) in [7, 11) is 0. The van der Waals surface area contributed by atoms with Gasteiger partial charge in [0.25, 0.3) is 5.91 Å². The van der Waals surface area contributed by atoms with Gasteiger partial charge in [0.2, 0.25) is 0 Å². The molecule has 0 unspecified atom stereocenters. The molecular formula is C16H21Cl2NO2. The van der Waals surface area contributed by atoms with Crippen molar-refractivity contribution in [3.8, 4) is 5.75 Å². The van der Waals surface area contributed by atoms with Crippen LogP contribution in [-0.4, -0.2) is 21.9 Å². The summed E-state index contributed by atoms with van der Waals surface area (Å²) in [6.45, 7) is 7.34. The van der Waals surface area contributed by atoms with Crippen LogP contribution in [0, 0.1) is 0 Å². The van der Waals surface area contributed by atoms with Gasteiger partial charge in [0.15, 0.2) is 5.60 Å². The van der Waals surface area contributed by atoms with Crippen LogP contribution in [0.3, 0.4) is 0 Å². The van der Waals surface area contributed by atoms with Crippen molar-refractivity contribution in [2.45, 2.75) is 56.0 Å². The Bertz CT molecular complexity index is 524. The van der Waals surface area contributed by atoms with Crippen LogP contribution in [0.1, 0.15) is 45.6 Å². The molecule has 0 aromatic heterocycles. The number of carbonyl (C=O) groups is 1. The fourth-order valence-corrected chi connectivity index (χ4v) is 2.68. The molecule has 116 valence electrons. The molecule has 0 heterocycles. The Morgan fingerprint density at radius 3 is 2.29 bits per heavy atom. The highest BCUT2D eigenvalue weighted by Crippen LogP contribution is 2.59. The minimum Gasteiger partial charge on any atom is -0.478 e. The molecule has 5 heteroatoms. The Labute approximate surface area is 136 Å². The molecule has 1 N–H and O–H groups in total. The fraction of sp³-hybridized carbons (Fsp3) is 0.562. The summed E-state index contributed by atoms with van der Waals surface area (Å²) in [5.41, 5.74) is 0.172. The quantitative estimate of drug-likeness (QED) is 0.828. The fourth-order valence-electron chi connectivity index (χ4n) is 2.12. The van der Waals surface area contributed by atoms with Gasteiger partial charge in [0.1, 0.15) is 10.1 Å².